The molecule has 110 valence electrons. The van der Waals surface area contributed by atoms with Crippen molar-refractivity contribution >= 4 is 5.91 Å². The van der Waals surface area contributed by atoms with E-state index in [1.54, 1.807) is 0 Å². The first-order chi connectivity index (χ1) is 10.1. The minimum absolute atomic E-state index is 0.00967. The summed E-state index contributed by atoms with van der Waals surface area (Å²) in [6.07, 6.45) is 0.784. The van der Waals surface area contributed by atoms with E-state index in [1.165, 1.54) is 6.92 Å². The molecule has 6 heteroatoms. The molecular weight excluding hydrogens is 268 g/mol. The maximum absolute atomic E-state index is 11.2. The summed E-state index contributed by atoms with van der Waals surface area (Å²) in [4.78, 5) is 17.8. The minimum Gasteiger partial charge on any atom is -0.352 e. The van der Waals surface area contributed by atoms with Crippen molar-refractivity contribution < 1.29 is 9.32 Å². The third-order valence-corrected chi connectivity index (χ3v) is 3.71. The quantitative estimate of drug-likeness (QED) is 0.928. The average molecular weight is 286 g/mol. The van der Waals surface area contributed by atoms with Crippen molar-refractivity contribution in [2.45, 2.75) is 25.4 Å². The normalized spacial score (nSPS) is 22.4. The Kier molecular flexibility index (Phi) is 3.70. The molecule has 21 heavy (non-hydrogen) atoms. The summed E-state index contributed by atoms with van der Waals surface area (Å²) in [7, 11) is 2.00. The molecule has 0 bridgehead atoms. The van der Waals surface area contributed by atoms with Gasteiger partial charge in [-0.05, 0) is 13.5 Å². The molecular formula is C15H18N4O2. The Hall–Kier alpha value is -2.21. The Morgan fingerprint density at radius 3 is 2.86 bits per heavy atom. The van der Waals surface area contributed by atoms with E-state index in [0.29, 0.717) is 11.7 Å². The SMILES string of the molecule is CC(=O)N[C@H]1C[C@@H](c2nc(-c3ccccc3)no2)N(C)C1. The molecule has 1 amide bonds. The lowest BCUT2D eigenvalue weighted by atomic mass is 10.1. The van der Waals surface area contributed by atoms with Crippen molar-refractivity contribution in [1.29, 1.82) is 0 Å². The zero-order valence-electron chi connectivity index (χ0n) is 12.1. The number of benzene rings is 1. The molecule has 2 aromatic rings. The van der Waals surface area contributed by atoms with Crippen molar-refractivity contribution in [1.82, 2.24) is 20.4 Å². The van der Waals surface area contributed by atoms with Gasteiger partial charge in [0.05, 0.1) is 6.04 Å². The van der Waals surface area contributed by atoms with Crippen LogP contribution < -0.4 is 5.32 Å². The third kappa shape index (κ3) is 2.95. The van der Waals surface area contributed by atoms with Gasteiger partial charge in [-0.2, -0.15) is 4.98 Å². The van der Waals surface area contributed by atoms with Gasteiger partial charge in [0.25, 0.3) is 0 Å². The molecule has 1 fully saturated rings. The number of aromatic nitrogens is 2. The summed E-state index contributed by atoms with van der Waals surface area (Å²) in [5, 5.41) is 6.99. The molecule has 2 atom stereocenters. The average Bonchev–Trinajstić information content (AvgIpc) is 3.06. The Morgan fingerprint density at radius 1 is 1.38 bits per heavy atom. The second kappa shape index (κ2) is 5.65. The molecule has 0 spiro atoms. The number of nitrogens with zero attached hydrogens (tertiary/aromatic N) is 3. The first-order valence-electron chi connectivity index (χ1n) is 7.00. The first kappa shape index (κ1) is 13.8. The van der Waals surface area contributed by atoms with Crippen LogP contribution in [0, 0.1) is 0 Å². The standard InChI is InChI=1S/C15H18N4O2/c1-10(20)16-12-8-13(19(2)9-12)15-17-14(18-21-15)11-6-4-3-5-7-11/h3-7,12-13H,8-9H2,1-2H3,(H,16,20)/t12-,13-/m0/s1. The highest BCUT2D eigenvalue weighted by molar-refractivity contribution is 5.73. The van der Waals surface area contributed by atoms with Crippen LogP contribution in [0.15, 0.2) is 34.9 Å². The third-order valence-electron chi connectivity index (χ3n) is 3.71. The number of carbonyl (C=O) groups is 1. The second-order valence-electron chi connectivity index (χ2n) is 5.41. The van der Waals surface area contributed by atoms with Crippen LogP contribution in [0.25, 0.3) is 11.4 Å². The minimum atomic E-state index is -0.00967. The molecule has 2 heterocycles. The molecule has 0 aliphatic carbocycles. The highest BCUT2D eigenvalue weighted by atomic mass is 16.5. The summed E-state index contributed by atoms with van der Waals surface area (Å²) in [6, 6.07) is 9.92. The van der Waals surface area contributed by atoms with E-state index in [4.69, 9.17) is 4.52 Å². The number of nitrogens with one attached hydrogen (secondary N) is 1. The molecule has 0 saturated carbocycles. The maximum Gasteiger partial charge on any atom is 0.244 e. The first-order valence-corrected chi connectivity index (χ1v) is 7.00. The fourth-order valence-electron chi connectivity index (χ4n) is 2.76. The Labute approximate surface area is 123 Å². The molecule has 1 aromatic heterocycles. The summed E-state index contributed by atoms with van der Waals surface area (Å²) >= 11 is 0. The number of hydrogen-bond donors (Lipinski definition) is 1. The predicted octanol–water partition coefficient (Wildman–Crippen LogP) is 1.62. The molecule has 6 nitrogen and oxygen atoms in total. The van der Waals surface area contributed by atoms with E-state index in [9.17, 15) is 4.79 Å². The number of amides is 1. The number of likely N-dealkylation sites (tertiary alicyclic amines) is 1. The molecule has 1 aliphatic rings. The fraction of sp³-hybridized carbons (Fsp3) is 0.400. The van der Waals surface area contributed by atoms with Gasteiger partial charge in [-0.3, -0.25) is 9.69 Å². The van der Waals surface area contributed by atoms with Crippen molar-refractivity contribution in [2.24, 2.45) is 0 Å². The van der Waals surface area contributed by atoms with Gasteiger partial charge < -0.3 is 9.84 Å². The summed E-state index contributed by atoms with van der Waals surface area (Å²) in [6.45, 7) is 2.32. The Bertz CT molecular complexity index is 626. The summed E-state index contributed by atoms with van der Waals surface area (Å²) in [5.41, 5.74) is 0.937. The van der Waals surface area contributed by atoms with Gasteiger partial charge in [0, 0.05) is 25.1 Å². The smallest absolute Gasteiger partial charge is 0.244 e. The van der Waals surface area contributed by atoms with Crippen molar-refractivity contribution in [2.75, 3.05) is 13.6 Å². The van der Waals surface area contributed by atoms with Crippen molar-refractivity contribution in [3.8, 4) is 11.4 Å². The van der Waals surface area contributed by atoms with Gasteiger partial charge in [0.1, 0.15) is 0 Å². The highest BCUT2D eigenvalue weighted by Gasteiger charge is 2.34. The Balaban J connectivity index is 1.76. The fourth-order valence-corrected chi connectivity index (χ4v) is 2.76. The van der Waals surface area contributed by atoms with Gasteiger partial charge in [0.2, 0.25) is 17.6 Å². The van der Waals surface area contributed by atoms with Crippen LogP contribution in [-0.4, -0.2) is 40.6 Å². The van der Waals surface area contributed by atoms with Crippen LogP contribution in [-0.2, 0) is 4.79 Å². The zero-order valence-corrected chi connectivity index (χ0v) is 12.1. The van der Waals surface area contributed by atoms with E-state index >= 15 is 0 Å². The van der Waals surface area contributed by atoms with Gasteiger partial charge in [0.15, 0.2) is 0 Å². The number of carbonyl (C=O) groups excluding carboxylic acids is 1. The molecule has 1 N–H and O–H groups in total. The topological polar surface area (TPSA) is 71.3 Å². The number of likely N-dealkylation sites (N-methyl/N-ethyl adjacent to an activating group) is 1. The number of hydrogen-bond acceptors (Lipinski definition) is 5. The maximum atomic E-state index is 11.2. The van der Waals surface area contributed by atoms with Crippen LogP contribution >= 0.6 is 0 Å². The molecule has 1 saturated heterocycles. The summed E-state index contributed by atoms with van der Waals surface area (Å²) < 4.78 is 5.41. The van der Waals surface area contributed by atoms with Gasteiger partial charge in [-0.1, -0.05) is 35.5 Å². The van der Waals surface area contributed by atoms with Crippen LogP contribution in [0.1, 0.15) is 25.3 Å². The van der Waals surface area contributed by atoms with Crippen LogP contribution in [0.2, 0.25) is 0 Å². The van der Waals surface area contributed by atoms with Crippen molar-refractivity contribution in [3.63, 3.8) is 0 Å². The molecule has 1 aromatic carbocycles. The van der Waals surface area contributed by atoms with Crippen LogP contribution in [0.4, 0.5) is 0 Å². The van der Waals surface area contributed by atoms with Gasteiger partial charge in [-0.25, -0.2) is 0 Å². The van der Waals surface area contributed by atoms with Crippen molar-refractivity contribution in [3.05, 3.63) is 36.2 Å². The lowest BCUT2D eigenvalue weighted by Gasteiger charge is -2.13. The largest absolute Gasteiger partial charge is 0.352 e. The lowest BCUT2D eigenvalue weighted by Crippen LogP contribution is -2.34. The molecule has 0 unspecified atom stereocenters. The predicted molar refractivity (Wildman–Crippen MR) is 77.3 cm³/mol. The number of rotatable bonds is 3. The van der Waals surface area contributed by atoms with E-state index < -0.39 is 0 Å². The van der Waals surface area contributed by atoms with E-state index in [1.807, 2.05) is 37.4 Å². The molecule has 1 aliphatic heterocycles. The monoisotopic (exact) mass is 286 g/mol. The highest BCUT2D eigenvalue weighted by Crippen LogP contribution is 2.30. The molecule has 0 radical (unpaired) electrons. The Morgan fingerprint density at radius 2 is 2.14 bits per heavy atom. The van der Waals surface area contributed by atoms with Crippen LogP contribution in [0.5, 0.6) is 0 Å². The van der Waals surface area contributed by atoms with E-state index in [-0.39, 0.29) is 18.0 Å². The van der Waals surface area contributed by atoms with Gasteiger partial charge in [-0.15, -0.1) is 0 Å². The van der Waals surface area contributed by atoms with Gasteiger partial charge >= 0.3 is 0 Å². The molecule has 3 rings (SSSR count). The van der Waals surface area contributed by atoms with Crippen LogP contribution in [0.3, 0.4) is 0 Å². The lowest BCUT2D eigenvalue weighted by molar-refractivity contribution is -0.119. The summed E-state index contributed by atoms with van der Waals surface area (Å²) in [5.74, 6) is 1.19. The van der Waals surface area contributed by atoms with E-state index in [2.05, 4.69) is 20.4 Å². The second-order valence-corrected chi connectivity index (χ2v) is 5.41. The zero-order chi connectivity index (χ0) is 14.8. The van der Waals surface area contributed by atoms with E-state index in [0.717, 1.165) is 18.5 Å².